The van der Waals surface area contributed by atoms with Crippen LogP contribution in [0.25, 0.3) is 10.9 Å². The molecule has 2 aromatic rings. The second-order valence-corrected chi connectivity index (χ2v) is 6.07. The van der Waals surface area contributed by atoms with Gasteiger partial charge in [-0.3, -0.25) is 4.68 Å². The zero-order valence-electron chi connectivity index (χ0n) is 12.0. The molecule has 0 saturated heterocycles. The van der Waals surface area contributed by atoms with E-state index in [9.17, 15) is 0 Å². The van der Waals surface area contributed by atoms with E-state index in [1.165, 1.54) is 17.3 Å². The number of hydrogen-bond donors (Lipinski definition) is 1. The van der Waals surface area contributed by atoms with Gasteiger partial charge in [0.15, 0.2) is 0 Å². The van der Waals surface area contributed by atoms with Crippen LogP contribution in [0.5, 0.6) is 0 Å². The molecule has 19 heavy (non-hydrogen) atoms. The molecule has 0 bridgehead atoms. The third-order valence-electron chi connectivity index (χ3n) is 3.46. The highest BCUT2D eigenvalue weighted by molar-refractivity contribution is 7.99. The monoisotopic (exact) mass is 277 g/mol. The van der Waals surface area contributed by atoms with Gasteiger partial charge in [0.25, 0.3) is 0 Å². The highest BCUT2D eigenvalue weighted by atomic mass is 32.2. The van der Waals surface area contributed by atoms with Gasteiger partial charge in [-0.25, -0.2) is 0 Å². The van der Waals surface area contributed by atoms with Gasteiger partial charge in [-0.05, 0) is 32.2 Å². The lowest BCUT2D eigenvalue weighted by Crippen LogP contribution is -2.18. The molecular formula is C15H23N3S. The molecule has 0 fully saturated rings. The van der Waals surface area contributed by atoms with Gasteiger partial charge in [-0.1, -0.05) is 25.1 Å². The lowest BCUT2D eigenvalue weighted by molar-refractivity contribution is 0.615. The molecule has 1 heterocycles. The highest BCUT2D eigenvalue weighted by Gasteiger charge is 2.08. The Morgan fingerprint density at radius 3 is 2.89 bits per heavy atom. The van der Waals surface area contributed by atoms with E-state index in [-0.39, 0.29) is 0 Å². The Hall–Kier alpha value is -1.00. The van der Waals surface area contributed by atoms with E-state index < -0.39 is 0 Å². The van der Waals surface area contributed by atoms with Gasteiger partial charge in [0.1, 0.15) is 0 Å². The largest absolute Gasteiger partial charge is 0.311 e. The number of aromatic nitrogens is 2. The summed E-state index contributed by atoms with van der Waals surface area (Å²) in [5.74, 6) is 0. The molecule has 3 nitrogen and oxygen atoms in total. The lowest BCUT2D eigenvalue weighted by Gasteiger charge is -2.08. The molecule has 0 aliphatic rings. The summed E-state index contributed by atoms with van der Waals surface area (Å²) in [5, 5.41) is 10.2. The van der Waals surface area contributed by atoms with E-state index in [1.807, 2.05) is 11.8 Å². The van der Waals surface area contributed by atoms with Crippen LogP contribution in [-0.4, -0.2) is 27.8 Å². The van der Waals surface area contributed by atoms with E-state index in [1.54, 1.807) is 0 Å². The Kier molecular flexibility index (Phi) is 5.28. The Morgan fingerprint density at radius 1 is 1.37 bits per heavy atom. The lowest BCUT2D eigenvalue weighted by atomic mass is 10.2. The van der Waals surface area contributed by atoms with E-state index in [0.29, 0.717) is 0 Å². The molecule has 1 atom stereocenters. The predicted molar refractivity (Wildman–Crippen MR) is 84.7 cm³/mol. The van der Waals surface area contributed by atoms with Crippen molar-refractivity contribution in [3.05, 3.63) is 30.0 Å². The molecule has 1 aromatic heterocycles. The van der Waals surface area contributed by atoms with Gasteiger partial charge < -0.3 is 5.32 Å². The summed E-state index contributed by atoms with van der Waals surface area (Å²) < 4.78 is 2.08. The summed E-state index contributed by atoms with van der Waals surface area (Å²) in [6.07, 6.45) is 3.37. The molecular weight excluding hydrogens is 254 g/mol. The minimum atomic E-state index is 0.720. The van der Waals surface area contributed by atoms with Crippen molar-refractivity contribution in [1.82, 2.24) is 15.1 Å². The molecule has 1 unspecified atom stereocenters. The van der Waals surface area contributed by atoms with Gasteiger partial charge in [-0.15, -0.1) is 0 Å². The van der Waals surface area contributed by atoms with Crippen molar-refractivity contribution in [2.75, 3.05) is 12.8 Å². The molecule has 0 saturated carbocycles. The number of aryl methyl sites for hydroxylation is 1. The van der Waals surface area contributed by atoms with Crippen molar-refractivity contribution in [3.63, 3.8) is 0 Å². The van der Waals surface area contributed by atoms with E-state index >= 15 is 0 Å². The first-order chi connectivity index (χ1) is 9.26. The van der Waals surface area contributed by atoms with E-state index in [0.717, 1.165) is 30.6 Å². The van der Waals surface area contributed by atoms with E-state index in [4.69, 9.17) is 5.10 Å². The number of benzene rings is 1. The fourth-order valence-corrected chi connectivity index (χ4v) is 2.55. The van der Waals surface area contributed by atoms with Crippen LogP contribution < -0.4 is 5.32 Å². The number of rotatable bonds is 7. The second kappa shape index (κ2) is 6.96. The van der Waals surface area contributed by atoms with Gasteiger partial charge in [0, 0.05) is 23.7 Å². The highest BCUT2D eigenvalue weighted by Crippen LogP contribution is 2.18. The van der Waals surface area contributed by atoms with Gasteiger partial charge in [0.05, 0.1) is 11.2 Å². The zero-order chi connectivity index (χ0) is 13.7. The minimum Gasteiger partial charge on any atom is -0.311 e. The zero-order valence-corrected chi connectivity index (χ0v) is 12.8. The first-order valence-corrected chi connectivity index (χ1v) is 8.23. The molecule has 0 radical (unpaired) electrons. The van der Waals surface area contributed by atoms with Gasteiger partial charge in [-0.2, -0.15) is 16.9 Å². The van der Waals surface area contributed by atoms with E-state index in [2.05, 4.69) is 54.4 Å². The summed E-state index contributed by atoms with van der Waals surface area (Å²) in [5.41, 5.74) is 2.40. The quantitative estimate of drug-likeness (QED) is 0.788. The van der Waals surface area contributed by atoms with Crippen LogP contribution in [-0.2, 0) is 13.1 Å². The maximum Gasteiger partial charge on any atom is 0.0841 e. The Balaban J connectivity index is 2.00. The van der Waals surface area contributed by atoms with Crippen molar-refractivity contribution in [2.24, 2.45) is 0 Å². The van der Waals surface area contributed by atoms with Crippen molar-refractivity contribution < 1.29 is 0 Å². The molecule has 1 aromatic carbocycles. The first kappa shape index (κ1) is 14.4. The topological polar surface area (TPSA) is 29.9 Å². The van der Waals surface area contributed by atoms with Crippen LogP contribution in [0.1, 0.15) is 26.0 Å². The average Bonchev–Trinajstić information content (AvgIpc) is 2.81. The summed E-state index contributed by atoms with van der Waals surface area (Å²) in [6.45, 7) is 7.23. The number of nitrogens with zero attached hydrogens (tertiary/aromatic N) is 2. The molecule has 0 aliphatic carbocycles. The van der Waals surface area contributed by atoms with Crippen molar-refractivity contribution in [3.8, 4) is 0 Å². The van der Waals surface area contributed by atoms with Crippen LogP contribution >= 0.6 is 11.8 Å². The molecule has 0 amide bonds. The number of para-hydroxylation sites is 1. The smallest absolute Gasteiger partial charge is 0.0841 e. The fraction of sp³-hybridized carbons (Fsp3) is 0.533. The predicted octanol–water partition coefficient (Wildman–Crippen LogP) is 3.29. The standard InChI is InChI=1S/C15H23N3S/c1-4-18-15-8-6-5-7-13(15)14(17-18)11-16-10-9-12(2)19-3/h5-8,12,16H,4,9-11H2,1-3H3. The molecule has 0 aliphatic heterocycles. The SMILES string of the molecule is CCn1nc(CNCCC(C)SC)c2ccccc21. The van der Waals surface area contributed by atoms with Crippen LogP contribution in [0.4, 0.5) is 0 Å². The number of hydrogen-bond acceptors (Lipinski definition) is 3. The maximum absolute atomic E-state index is 4.69. The molecule has 2 rings (SSSR count). The van der Waals surface area contributed by atoms with Crippen LogP contribution in [0, 0.1) is 0 Å². The van der Waals surface area contributed by atoms with Gasteiger partial charge in [0.2, 0.25) is 0 Å². The molecule has 104 valence electrons. The molecule has 4 heteroatoms. The van der Waals surface area contributed by atoms with Crippen LogP contribution in [0.3, 0.4) is 0 Å². The Labute approximate surface area is 119 Å². The minimum absolute atomic E-state index is 0.720. The Morgan fingerprint density at radius 2 is 2.16 bits per heavy atom. The molecule has 0 spiro atoms. The van der Waals surface area contributed by atoms with Gasteiger partial charge >= 0.3 is 0 Å². The van der Waals surface area contributed by atoms with Crippen LogP contribution in [0.2, 0.25) is 0 Å². The summed E-state index contributed by atoms with van der Waals surface area (Å²) in [7, 11) is 0. The molecule has 1 N–H and O–H groups in total. The fourth-order valence-electron chi connectivity index (χ4n) is 2.20. The third-order valence-corrected chi connectivity index (χ3v) is 4.50. The Bertz CT molecular complexity index is 521. The summed E-state index contributed by atoms with van der Waals surface area (Å²) in [6, 6.07) is 8.47. The van der Waals surface area contributed by atoms with Crippen molar-refractivity contribution in [1.29, 1.82) is 0 Å². The number of fused-ring (bicyclic) bond motifs is 1. The summed E-state index contributed by atoms with van der Waals surface area (Å²) >= 11 is 1.92. The third kappa shape index (κ3) is 3.51. The number of nitrogens with one attached hydrogen (secondary N) is 1. The van der Waals surface area contributed by atoms with Crippen molar-refractivity contribution >= 4 is 22.7 Å². The van der Waals surface area contributed by atoms with Crippen LogP contribution in [0.15, 0.2) is 24.3 Å². The average molecular weight is 277 g/mol. The first-order valence-electron chi connectivity index (χ1n) is 6.94. The normalized spacial score (nSPS) is 13.0. The maximum atomic E-state index is 4.69. The second-order valence-electron chi connectivity index (χ2n) is 4.79. The van der Waals surface area contributed by atoms with Crippen molar-refractivity contribution in [2.45, 2.75) is 38.6 Å². The number of thioether (sulfide) groups is 1. The summed E-state index contributed by atoms with van der Waals surface area (Å²) in [4.78, 5) is 0.